The number of aromatic nitrogens is 1. The third-order valence-electron chi connectivity index (χ3n) is 6.02. The predicted molar refractivity (Wildman–Crippen MR) is 122 cm³/mol. The first-order valence-electron chi connectivity index (χ1n) is 10.2. The molecule has 0 unspecified atom stereocenters. The maximum atomic E-state index is 13.4. The average molecular weight is 466 g/mol. The standard InChI is InChI=1S/C22H28ClN3O4S/c1-13(2)17(25-20-24-16(11-31-20)19(28)29)18(27)26-10-9-22(30,21(3,4)12-26)14-5-7-15(23)8-6-14/h5-8,11,13,17,30H,9-10,12H2,1-4H3,(H,24,25)(H,28,29)/t17-,22+/m1/s1. The van der Waals surface area contributed by atoms with Crippen LogP contribution in [0.3, 0.4) is 0 Å². The van der Waals surface area contributed by atoms with Gasteiger partial charge < -0.3 is 20.4 Å². The highest BCUT2D eigenvalue weighted by molar-refractivity contribution is 7.13. The summed E-state index contributed by atoms with van der Waals surface area (Å²) < 4.78 is 0. The molecule has 3 N–H and O–H groups in total. The van der Waals surface area contributed by atoms with Gasteiger partial charge in [0.15, 0.2) is 10.8 Å². The van der Waals surface area contributed by atoms with Gasteiger partial charge in [-0.2, -0.15) is 0 Å². The monoisotopic (exact) mass is 465 g/mol. The van der Waals surface area contributed by atoms with E-state index in [0.717, 1.165) is 16.9 Å². The third kappa shape index (κ3) is 4.71. The summed E-state index contributed by atoms with van der Waals surface area (Å²) in [5, 5.41) is 26.2. The third-order valence-corrected chi connectivity index (χ3v) is 7.04. The Morgan fingerprint density at radius 3 is 2.42 bits per heavy atom. The first-order valence-corrected chi connectivity index (χ1v) is 11.4. The number of piperidine rings is 1. The van der Waals surface area contributed by atoms with Crippen LogP contribution in [0.1, 0.15) is 50.2 Å². The molecule has 2 heterocycles. The van der Waals surface area contributed by atoms with Crippen LogP contribution in [0.2, 0.25) is 5.02 Å². The zero-order chi connectivity index (χ0) is 23.0. The number of amides is 1. The second-order valence-corrected chi connectivity index (χ2v) is 10.3. The largest absolute Gasteiger partial charge is 0.476 e. The molecule has 1 saturated heterocycles. The Hall–Kier alpha value is -2.16. The number of hydrogen-bond acceptors (Lipinski definition) is 6. The van der Waals surface area contributed by atoms with Crippen LogP contribution in [-0.2, 0) is 10.4 Å². The summed E-state index contributed by atoms with van der Waals surface area (Å²) in [5.74, 6) is -1.23. The summed E-state index contributed by atoms with van der Waals surface area (Å²) >= 11 is 7.16. The van der Waals surface area contributed by atoms with Crippen LogP contribution in [-0.4, -0.2) is 51.1 Å². The van der Waals surface area contributed by atoms with Crippen molar-refractivity contribution in [3.63, 3.8) is 0 Å². The van der Waals surface area contributed by atoms with Crippen LogP contribution in [0.15, 0.2) is 29.6 Å². The van der Waals surface area contributed by atoms with Gasteiger partial charge in [-0.1, -0.05) is 51.4 Å². The number of carbonyl (C=O) groups is 2. The molecule has 1 fully saturated rings. The van der Waals surface area contributed by atoms with E-state index in [4.69, 9.17) is 16.7 Å². The molecule has 1 amide bonds. The molecular formula is C22H28ClN3O4S. The first-order chi connectivity index (χ1) is 14.4. The molecule has 2 atom stereocenters. The molecule has 0 bridgehead atoms. The summed E-state index contributed by atoms with van der Waals surface area (Å²) in [4.78, 5) is 30.3. The van der Waals surface area contributed by atoms with Crippen LogP contribution < -0.4 is 5.32 Å². The van der Waals surface area contributed by atoms with E-state index in [-0.39, 0.29) is 17.5 Å². The highest BCUT2D eigenvalue weighted by atomic mass is 35.5. The van der Waals surface area contributed by atoms with Gasteiger partial charge in [0.25, 0.3) is 0 Å². The van der Waals surface area contributed by atoms with E-state index >= 15 is 0 Å². The number of nitrogens with one attached hydrogen (secondary N) is 1. The van der Waals surface area contributed by atoms with Gasteiger partial charge in [-0.25, -0.2) is 9.78 Å². The van der Waals surface area contributed by atoms with E-state index in [9.17, 15) is 14.7 Å². The number of carbonyl (C=O) groups excluding carboxylic acids is 1. The van der Waals surface area contributed by atoms with Crippen molar-refractivity contribution in [2.75, 3.05) is 18.4 Å². The Labute approximate surface area is 191 Å². The van der Waals surface area contributed by atoms with Gasteiger partial charge in [0, 0.05) is 28.9 Å². The minimum atomic E-state index is -1.10. The minimum Gasteiger partial charge on any atom is -0.476 e. The molecule has 1 aromatic carbocycles. The highest BCUT2D eigenvalue weighted by Gasteiger charge is 2.50. The van der Waals surface area contributed by atoms with Gasteiger partial charge in [0.05, 0.1) is 5.60 Å². The van der Waals surface area contributed by atoms with Crippen LogP contribution in [0.4, 0.5) is 5.13 Å². The fraction of sp³-hybridized carbons (Fsp3) is 0.500. The fourth-order valence-corrected chi connectivity index (χ4v) is 4.90. The zero-order valence-corrected chi connectivity index (χ0v) is 19.6. The summed E-state index contributed by atoms with van der Waals surface area (Å²) in [6, 6.07) is 6.65. The SMILES string of the molecule is CC(C)[C@@H](Nc1nc(C(=O)O)cs1)C(=O)N1CC[C@](O)(c2ccc(Cl)cc2)C(C)(C)C1. The fourth-order valence-electron chi connectivity index (χ4n) is 4.05. The Balaban J connectivity index is 1.78. The van der Waals surface area contributed by atoms with Gasteiger partial charge in [-0.05, 0) is 30.0 Å². The van der Waals surface area contributed by atoms with Gasteiger partial charge >= 0.3 is 5.97 Å². The number of rotatable bonds is 6. The Bertz CT molecular complexity index is 960. The number of halogens is 1. The van der Waals surface area contributed by atoms with E-state index in [2.05, 4.69) is 10.3 Å². The number of carboxylic acid groups (broad SMARTS) is 1. The van der Waals surface area contributed by atoms with E-state index in [1.54, 1.807) is 17.0 Å². The summed E-state index contributed by atoms with van der Waals surface area (Å²) in [5.41, 5.74) is -0.930. The van der Waals surface area contributed by atoms with E-state index < -0.39 is 23.0 Å². The average Bonchev–Trinajstić information content (AvgIpc) is 3.17. The second-order valence-electron chi connectivity index (χ2n) is 8.97. The number of carboxylic acids is 1. The number of aliphatic hydroxyl groups is 1. The number of benzene rings is 1. The first kappa shape index (κ1) is 23.5. The van der Waals surface area contributed by atoms with Gasteiger partial charge in [0.2, 0.25) is 5.91 Å². The van der Waals surface area contributed by atoms with Gasteiger partial charge in [-0.3, -0.25) is 4.79 Å². The lowest BCUT2D eigenvalue weighted by Gasteiger charge is -2.51. The molecule has 1 aliphatic heterocycles. The maximum Gasteiger partial charge on any atom is 0.355 e. The molecule has 0 aliphatic carbocycles. The van der Waals surface area contributed by atoms with Crippen molar-refractivity contribution in [1.29, 1.82) is 0 Å². The number of thiazole rings is 1. The maximum absolute atomic E-state index is 13.4. The lowest BCUT2D eigenvalue weighted by molar-refractivity contribution is -0.154. The normalized spacial score (nSPS) is 21.7. The molecule has 1 aromatic heterocycles. The molecule has 9 heteroatoms. The highest BCUT2D eigenvalue weighted by Crippen LogP contribution is 2.46. The van der Waals surface area contributed by atoms with Crippen LogP contribution in [0, 0.1) is 11.3 Å². The number of anilines is 1. The van der Waals surface area contributed by atoms with Crippen LogP contribution >= 0.6 is 22.9 Å². The smallest absolute Gasteiger partial charge is 0.355 e. The molecule has 168 valence electrons. The molecule has 0 spiro atoms. The van der Waals surface area contributed by atoms with E-state index in [1.807, 2.05) is 39.8 Å². The summed E-state index contributed by atoms with van der Waals surface area (Å²) in [6.07, 6.45) is 0.401. The zero-order valence-electron chi connectivity index (χ0n) is 18.1. The van der Waals surface area contributed by atoms with Crippen molar-refractivity contribution in [3.8, 4) is 0 Å². The second kappa shape index (κ2) is 8.76. The molecule has 3 rings (SSSR count). The van der Waals surface area contributed by atoms with Gasteiger partial charge in [-0.15, -0.1) is 11.3 Å². The van der Waals surface area contributed by atoms with Crippen LogP contribution in [0.5, 0.6) is 0 Å². The molecule has 7 nitrogen and oxygen atoms in total. The Kier molecular flexibility index (Phi) is 6.64. The van der Waals surface area contributed by atoms with Crippen molar-refractivity contribution < 1.29 is 19.8 Å². The van der Waals surface area contributed by atoms with Crippen molar-refractivity contribution in [3.05, 3.63) is 45.9 Å². The van der Waals surface area contributed by atoms with E-state index in [0.29, 0.717) is 29.7 Å². The van der Waals surface area contributed by atoms with Crippen molar-refractivity contribution >= 4 is 39.9 Å². The van der Waals surface area contributed by atoms with Gasteiger partial charge in [0.1, 0.15) is 6.04 Å². The lowest BCUT2D eigenvalue weighted by Crippen LogP contribution is -2.59. The quantitative estimate of drug-likeness (QED) is 0.594. The topological polar surface area (TPSA) is 103 Å². The summed E-state index contributed by atoms with van der Waals surface area (Å²) in [6.45, 7) is 8.57. The van der Waals surface area contributed by atoms with Crippen molar-refractivity contribution in [1.82, 2.24) is 9.88 Å². The molecule has 0 radical (unpaired) electrons. The summed E-state index contributed by atoms with van der Waals surface area (Å²) in [7, 11) is 0. The van der Waals surface area contributed by atoms with E-state index in [1.165, 1.54) is 5.38 Å². The number of aromatic carboxylic acids is 1. The molecule has 1 aliphatic rings. The molecule has 31 heavy (non-hydrogen) atoms. The number of likely N-dealkylation sites (tertiary alicyclic amines) is 1. The van der Waals surface area contributed by atoms with Crippen molar-refractivity contribution in [2.45, 2.75) is 45.8 Å². The molecular weight excluding hydrogens is 438 g/mol. The number of hydrogen-bond donors (Lipinski definition) is 3. The lowest BCUT2D eigenvalue weighted by atomic mass is 9.66. The number of nitrogens with zero attached hydrogens (tertiary/aromatic N) is 2. The molecule has 2 aromatic rings. The Morgan fingerprint density at radius 2 is 1.90 bits per heavy atom. The van der Waals surface area contributed by atoms with Crippen LogP contribution in [0.25, 0.3) is 0 Å². The van der Waals surface area contributed by atoms with Crippen molar-refractivity contribution in [2.24, 2.45) is 11.3 Å². The Morgan fingerprint density at radius 1 is 1.26 bits per heavy atom. The predicted octanol–water partition coefficient (Wildman–Crippen LogP) is 4.08. The minimum absolute atomic E-state index is 0.0372. The molecule has 0 saturated carbocycles.